The Morgan fingerprint density at radius 3 is 2.48 bits per heavy atom. The van der Waals surface area contributed by atoms with Crippen LogP contribution in [0.5, 0.6) is 0 Å². The molecule has 2 unspecified atom stereocenters. The van der Waals surface area contributed by atoms with Crippen molar-refractivity contribution in [3.8, 4) is 0 Å². The predicted octanol–water partition coefficient (Wildman–Crippen LogP) is 2.86. The number of carbonyl (C=O) groups is 2. The van der Waals surface area contributed by atoms with Crippen LogP contribution >= 0.6 is 11.6 Å². The van der Waals surface area contributed by atoms with Crippen LogP contribution < -0.4 is 4.90 Å². The molecule has 27 heavy (non-hydrogen) atoms. The molecule has 0 aromatic heterocycles. The van der Waals surface area contributed by atoms with Crippen molar-refractivity contribution < 1.29 is 9.59 Å². The van der Waals surface area contributed by atoms with Gasteiger partial charge in [0.25, 0.3) is 5.91 Å². The van der Waals surface area contributed by atoms with Crippen molar-refractivity contribution in [1.82, 2.24) is 14.7 Å². The molecule has 3 heterocycles. The third kappa shape index (κ3) is 2.38. The first kappa shape index (κ1) is 17.6. The molecule has 2 atom stereocenters. The Kier molecular flexibility index (Phi) is 3.99. The zero-order valence-corrected chi connectivity index (χ0v) is 16.1. The minimum atomic E-state index is -0.574. The molecule has 1 aromatic carbocycles. The highest BCUT2D eigenvalue weighted by Gasteiger charge is 2.55. The highest BCUT2D eigenvalue weighted by atomic mass is 35.5. The predicted molar refractivity (Wildman–Crippen MR) is 104 cm³/mol. The second kappa shape index (κ2) is 6.13. The molecule has 0 radical (unpaired) electrons. The lowest BCUT2D eigenvalue weighted by Gasteiger charge is -2.40. The normalized spacial score (nSPS) is 24.5. The van der Waals surface area contributed by atoms with E-state index in [0.717, 1.165) is 17.1 Å². The van der Waals surface area contributed by atoms with E-state index in [1.165, 1.54) is 9.80 Å². The Morgan fingerprint density at radius 2 is 1.85 bits per heavy atom. The second-order valence-electron chi connectivity index (χ2n) is 6.77. The van der Waals surface area contributed by atoms with Crippen molar-refractivity contribution in [2.45, 2.75) is 26.1 Å². The number of allylic oxidation sites excluding steroid dienone is 2. The van der Waals surface area contributed by atoms with E-state index in [-0.39, 0.29) is 18.5 Å². The van der Waals surface area contributed by atoms with Crippen LogP contribution in [0, 0.1) is 0 Å². The number of benzene rings is 1. The average Bonchev–Trinajstić information content (AvgIpc) is 3.14. The number of hydrogen-bond acceptors (Lipinski definition) is 5. The van der Waals surface area contributed by atoms with Gasteiger partial charge in [0, 0.05) is 35.7 Å². The van der Waals surface area contributed by atoms with Gasteiger partial charge in [-0.15, -0.1) is 6.58 Å². The Morgan fingerprint density at radius 1 is 1.19 bits per heavy atom. The molecule has 1 saturated heterocycles. The monoisotopic (exact) mass is 385 g/mol. The maximum absolute atomic E-state index is 13.1. The number of carbonyl (C=O) groups excluding carboxylic acids is 2. The van der Waals surface area contributed by atoms with E-state index in [1.807, 2.05) is 47.9 Å². The van der Waals surface area contributed by atoms with Gasteiger partial charge in [-0.25, -0.2) is 9.79 Å². The fourth-order valence-corrected chi connectivity index (χ4v) is 3.94. The number of imide groups is 1. The van der Waals surface area contributed by atoms with Gasteiger partial charge in [0.05, 0.1) is 0 Å². The molecule has 3 amide bonds. The van der Waals surface area contributed by atoms with Gasteiger partial charge in [-0.1, -0.05) is 17.7 Å². The maximum Gasteiger partial charge on any atom is 0.328 e. The lowest BCUT2D eigenvalue weighted by molar-refractivity contribution is -0.136. The molecule has 3 aliphatic rings. The lowest BCUT2D eigenvalue weighted by Crippen LogP contribution is -2.64. The number of nitrogens with zero attached hydrogens (tertiary/aromatic N) is 5. The van der Waals surface area contributed by atoms with Crippen LogP contribution in [0.15, 0.2) is 53.3 Å². The van der Waals surface area contributed by atoms with Gasteiger partial charge in [-0.05, 0) is 38.1 Å². The number of urea groups is 1. The number of likely N-dealkylation sites (N-methyl/N-ethyl adjacent to an activating group) is 1. The number of aliphatic imine (C=N–C) groups is 1. The van der Waals surface area contributed by atoms with E-state index in [9.17, 15) is 9.59 Å². The molecule has 140 valence electrons. The number of amides is 3. The second-order valence-corrected chi connectivity index (χ2v) is 7.21. The summed E-state index contributed by atoms with van der Waals surface area (Å²) in [6.45, 7) is 7.78. The molecule has 1 fully saturated rings. The Bertz CT molecular complexity index is 907. The summed E-state index contributed by atoms with van der Waals surface area (Å²) in [7, 11) is 1.67. The molecule has 0 N–H and O–H groups in total. The van der Waals surface area contributed by atoms with Gasteiger partial charge in [0.2, 0.25) is 5.96 Å². The lowest BCUT2D eigenvalue weighted by atomic mass is 10.1. The first-order chi connectivity index (χ1) is 12.9. The quantitative estimate of drug-likeness (QED) is 0.751. The zero-order valence-electron chi connectivity index (χ0n) is 15.4. The Hall–Kier alpha value is -2.80. The van der Waals surface area contributed by atoms with E-state index in [4.69, 9.17) is 16.6 Å². The minimum Gasteiger partial charge on any atom is -0.302 e. The van der Waals surface area contributed by atoms with E-state index < -0.39 is 12.2 Å². The van der Waals surface area contributed by atoms with E-state index >= 15 is 0 Å². The van der Waals surface area contributed by atoms with Gasteiger partial charge < -0.3 is 4.90 Å². The fraction of sp³-hybridized carbons (Fsp3) is 0.316. The molecule has 0 spiro atoms. The highest BCUT2D eigenvalue weighted by molar-refractivity contribution is 6.30. The minimum absolute atomic E-state index is 0.178. The van der Waals surface area contributed by atoms with Crippen LogP contribution in [-0.2, 0) is 4.79 Å². The SMILES string of the molecule is C=CCN1C(=O)C2C(N=C3N(c4ccc(Cl)cc4)C(C)=C(C)N32)N(C)C1=O. The third-order valence-corrected chi connectivity index (χ3v) is 5.54. The standard InChI is InChI=1S/C19H20ClN5O2/c1-5-10-23-17(26)15-16(22(4)19(23)27)21-18-24(11(2)12(3)25(15)18)14-8-6-13(20)7-9-14/h5-9,15-16H,1,10H2,2-4H3. The molecule has 3 aliphatic heterocycles. The summed E-state index contributed by atoms with van der Waals surface area (Å²) < 4.78 is 0. The zero-order chi connectivity index (χ0) is 19.5. The highest BCUT2D eigenvalue weighted by Crippen LogP contribution is 2.40. The third-order valence-electron chi connectivity index (χ3n) is 5.29. The summed E-state index contributed by atoms with van der Waals surface area (Å²) in [5.41, 5.74) is 2.82. The van der Waals surface area contributed by atoms with Crippen molar-refractivity contribution in [3.05, 3.63) is 53.3 Å². The number of rotatable bonds is 3. The molecular weight excluding hydrogens is 366 g/mol. The van der Waals surface area contributed by atoms with Gasteiger partial charge in [0.15, 0.2) is 12.2 Å². The molecule has 1 aromatic rings. The van der Waals surface area contributed by atoms with Crippen molar-refractivity contribution in [1.29, 1.82) is 0 Å². The van der Waals surface area contributed by atoms with E-state index in [1.54, 1.807) is 13.1 Å². The number of anilines is 1. The molecule has 4 rings (SSSR count). The largest absolute Gasteiger partial charge is 0.328 e. The van der Waals surface area contributed by atoms with Crippen molar-refractivity contribution in [2.75, 3.05) is 18.5 Å². The summed E-state index contributed by atoms with van der Waals surface area (Å²) in [6, 6.07) is 6.52. The maximum atomic E-state index is 13.1. The van der Waals surface area contributed by atoms with Crippen LogP contribution in [0.2, 0.25) is 5.02 Å². The number of guanidine groups is 1. The molecule has 0 saturated carbocycles. The number of hydrogen-bond donors (Lipinski definition) is 0. The van der Waals surface area contributed by atoms with Crippen LogP contribution in [0.3, 0.4) is 0 Å². The number of halogens is 1. The van der Waals surface area contributed by atoms with Crippen LogP contribution in [0.25, 0.3) is 0 Å². The molecule has 8 heteroatoms. The van der Waals surface area contributed by atoms with Crippen LogP contribution in [-0.4, -0.2) is 58.4 Å². The number of fused-ring (bicyclic) bond motifs is 3. The van der Waals surface area contributed by atoms with Crippen LogP contribution in [0.1, 0.15) is 13.8 Å². The van der Waals surface area contributed by atoms with Crippen molar-refractivity contribution >= 4 is 35.2 Å². The topological polar surface area (TPSA) is 59.5 Å². The molecule has 0 aliphatic carbocycles. The first-order valence-corrected chi connectivity index (χ1v) is 9.04. The summed E-state index contributed by atoms with van der Waals surface area (Å²) in [5.74, 6) is 0.391. The van der Waals surface area contributed by atoms with Crippen molar-refractivity contribution in [3.63, 3.8) is 0 Å². The summed E-state index contributed by atoms with van der Waals surface area (Å²) >= 11 is 6.02. The Labute approximate surface area is 162 Å². The summed E-state index contributed by atoms with van der Waals surface area (Å²) in [6.07, 6.45) is 0.998. The summed E-state index contributed by atoms with van der Waals surface area (Å²) in [5, 5.41) is 0.649. The van der Waals surface area contributed by atoms with Crippen molar-refractivity contribution in [2.24, 2.45) is 4.99 Å². The van der Waals surface area contributed by atoms with E-state index in [0.29, 0.717) is 11.0 Å². The average molecular weight is 386 g/mol. The van der Waals surface area contributed by atoms with Crippen LogP contribution in [0.4, 0.5) is 10.5 Å². The fourth-order valence-electron chi connectivity index (χ4n) is 3.81. The molecular formula is C19H20ClN5O2. The van der Waals surface area contributed by atoms with Gasteiger partial charge in [0.1, 0.15) is 0 Å². The van der Waals surface area contributed by atoms with E-state index in [2.05, 4.69) is 6.58 Å². The molecule has 0 bridgehead atoms. The molecule has 7 nitrogen and oxygen atoms in total. The first-order valence-electron chi connectivity index (χ1n) is 8.66. The van der Waals surface area contributed by atoms with Gasteiger partial charge >= 0.3 is 6.03 Å². The Balaban J connectivity index is 1.78. The summed E-state index contributed by atoms with van der Waals surface area (Å²) in [4.78, 5) is 37.1. The van der Waals surface area contributed by atoms with Gasteiger partial charge in [-0.3, -0.25) is 19.5 Å². The smallest absolute Gasteiger partial charge is 0.302 e. The van der Waals surface area contributed by atoms with Gasteiger partial charge in [-0.2, -0.15) is 0 Å².